The third-order valence-corrected chi connectivity index (χ3v) is 2.93. The number of rotatable bonds is 10. The maximum absolute atomic E-state index is 9.90. The van der Waals surface area contributed by atoms with Crippen LogP contribution in [0.25, 0.3) is 0 Å². The molecule has 11 N–H and O–H groups in total. The standard InChI is InChI=1S/C6H14O6.C6H12O6.ClH.Na/c2*7-1-3(9)5(11)6(12)4(10)2-8;;/h3-12H,1-2H2;1,3-6,8-12H,2H2;1H;/q;;;+1/p-1/t3-,4-,5-,6-;3-,4+,5+,6+;;/m10../s1. The third-order valence-electron chi connectivity index (χ3n) is 2.93. The van der Waals surface area contributed by atoms with Gasteiger partial charge in [-0.1, -0.05) is 0 Å². The Morgan fingerprint density at radius 1 is 0.577 bits per heavy atom. The largest absolute Gasteiger partial charge is 1.00 e. The fraction of sp³-hybridized carbons (Fsp3) is 0.917. The van der Waals surface area contributed by atoms with Gasteiger partial charge in [-0.15, -0.1) is 0 Å². The zero-order valence-corrected chi connectivity index (χ0v) is 16.8. The average Bonchev–Trinajstić information content (AvgIpc) is 2.62. The van der Waals surface area contributed by atoms with Crippen molar-refractivity contribution < 1.29 is 103 Å². The average molecular weight is 421 g/mol. The number of hydrogen-bond donors (Lipinski definition) is 11. The quantitative estimate of drug-likeness (QED) is 0.117. The van der Waals surface area contributed by atoms with Gasteiger partial charge in [-0.3, -0.25) is 0 Å². The molecule has 0 aliphatic heterocycles. The van der Waals surface area contributed by atoms with Gasteiger partial charge in [0.05, 0.1) is 19.8 Å². The Hall–Kier alpha value is 0.520. The smallest absolute Gasteiger partial charge is 1.00 e. The Morgan fingerprint density at radius 3 is 1.00 bits per heavy atom. The minimum Gasteiger partial charge on any atom is -1.00 e. The van der Waals surface area contributed by atoms with Crippen molar-refractivity contribution in [3.05, 3.63) is 0 Å². The van der Waals surface area contributed by atoms with Crippen LogP contribution in [0.3, 0.4) is 0 Å². The van der Waals surface area contributed by atoms with Crippen molar-refractivity contribution in [2.75, 3.05) is 19.8 Å². The zero-order chi connectivity index (χ0) is 19.4. The van der Waals surface area contributed by atoms with Crippen molar-refractivity contribution in [2.24, 2.45) is 0 Å². The molecule has 0 spiro atoms. The molecule has 0 radical (unpaired) electrons. The van der Waals surface area contributed by atoms with E-state index < -0.39 is 68.7 Å². The molecule has 0 aromatic rings. The molecule has 0 fully saturated rings. The van der Waals surface area contributed by atoms with Crippen molar-refractivity contribution >= 4 is 6.29 Å². The molecule has 8 atom stereocenters. The molecule has 14 heteroatoms. The van der Waals surface area contributed by atoms with E-state index in [1.807, 2.05) is 0 Å². The molecule has 0 amide bonds. The summed E-state index contributed by atoms with van der Waals surface area (Å²) < 4.78 is 0. The summed E-state index contributed by atoms with van der Waals surface area (Å²) in [5.41, 5.74) is 0. The van der Waals surface area contributed by atoms with Gasteiger partial charge < -0.3 is 73.4 Å². The zero-order valence-electron chi connectivity index (χ0n) is 14.0. The first kappa shape index (κ1) is 34.1. The molecular weight excluding hydrogens is 395 g/mol. The number of aldehydes is 1. The van der Waals surface area contributed by atoms with Gasteiger partial charge in [-0.2, -0.15) is 0 Å². The number of aliphatic hydroxyl groups excluding tert-OH is 11. The van der Waals surface area contributed by atoms with E-state index in [-0.39, 0.29) is 48.3 Å². The van der Waals surface area contributed by atoms with Gasteiger partial charge in [0, 0.05) is 0 Å². The summed E-state index contributed by atoms with van der Waals surface area (Å²) in [5.74, 6) is 0. The maximum atomic E-state index is 9.90. The Balaban J connectivity index is -0.000000173. The van der Waals surface area contributed by atoms with E-state index in [2.05, 4.69) is 0 Å². The van der Waals surface area contributed by atoms with E-state index in [0.717, 1.165) is 0 Å². The first-order valence-corrected chi connectivity index (χ1v) is 6.81. The van der Waals surface area contributed by atoms with Gasteiger partial charge in [-0.25, -0.2) is 0 Å². The summed E-state index contributed by atoms with van der Waals surface area (Å²) in [7, 11) is 0. The van der Waals surface area contributed by atoms with Crippen molar-refractivity contribution in [3.63, 3.8) is 0 Å². The summed E-state index contributed by atoms with van der Waals surface area (Å²) in [5, 5.41) is 95.7. The minimum absolute atomic E-state index is 0. The van der Waals surface area contributed by atoms with Crippen LogP contribution in [0, 0.1) is 0 Å². The second-order valence-electron chi connectivity index (χ2n) is 4.84. The molecular formula is C12H26ClNaO12. The molecule has 0 aliphatic carbocycles. The van der Waals surface area contributed by atoms with Crippen LogP contribution in [0.2, 0.25) is 0 Å². The van der Waals surface area contributed by atoms with Crippen molar-refractivity contribution in [1.82, 2.24) is 0 Å². The molecule has 12 nitrogen and oxygen atoms in total. The van der Waals surface area contributed by atoms with Crippen LogP contribution in [0.4, 0.5) is 0 Å². The SMILES string of the molecule is O=C[C@H](O)[C@@H](O)[C@H](O)[C@H](O)CO.OC[C@@H](O)[C@@H](O)[C@H](O)[C@H](O)CO.[Cl-].[Na+]. The molecule has 0 unspecified atom stereocenters. The van der Waals surface area contributed by atoms with Crippen molar-refractivity contribution in [3.8, 4) is 0 Å². The van der Waals surface area contributed by atoms with Gasteiger partial charge >= 0.3 is 29.6 Å². The van der Waals surface area contributed by atoms with Crippen LogP contribution in [0.15, 0.2) is 0 Å². The van der Waals surface area contributed by atoms with E-state index in [4.69, 9.17) is 56.2 Å². The van der Waals surface area contributed by atoms with E-state index in [1.165, 1.54) is 0 Å². The first-order valence-electron chi connectivity index (χ1n) is 6.81. The fourth-order valence-corrected chi connectivity index (χ4v) is 1.29. The van der Waals surface area contributed by atoms with Gasteiger partial charge in [0.25, 0.3) is 0 Å². The number of halogens is 1. The normalized spacial score (nSPS) is 19.7. The summed E-state index contributed by atoms with van der Waals surface area (Å²) in [6.07, 6.45) is -13.2. The molecule has 0 bridgehead atoms. The van der Waals surface area contributed by atoms with Gasteiger partial charge in [0.2, 0.25) is 0 Å². The number of hydrogen-bond acceptors (Lipinski definition) is 12. The molecule has 0 saturated carbocycles. The molecule has 26 heavy (non-hydrogen) atoms. The maximum Gasteiger partial charge on any atom is 1.00 e. The van der Waals surface area contributed by atoms with Crippen LogP contribution in [-0.2, 0) is 4.79 Å². The van der Waals surface area contributed by atoms with Crippen LogP contribution in [0.1, 0.15) is 0 Å². The Kier molecular flexibility index (Phi) is 24.7. The Labute approximate surface area is 177 Å². The predicted molar refractivity (Wildman–Crippen MR) is 75.4 cm³/mol. The van der Waals surface area contributed by atoms with Gasteiger partial charge in [0.15, 0.2) is 6.29 Å². The molecule has 0 rings (SSSR count). The number of aliphatic hydroxyl groups is 11. The molecule has 0 aromatic carbocycles. The monoisotopic (exact) mass is 420 g/mol. The summed E-state index contributed by atoms with van der Waals surface area (Å²) in [4.78, 5) is 9.90. The predicted octanol–water partition coefficient (Wildman–Crippen LogP) is -13.0. The second-order valence-corrected chi connectivity index (χ2v) is 4.84. The summed E-state index contributed by atoms with van der Waals surface area (Å²) in [6.45, 7) is -2.21. The van der Waals surface area contributed by atoms with E-state index in [9.17, 15) is 4.79 Å². The van der Waals surface area contributed by atoms with Crippen molar-refractivity contribution in [1.29, 1.82) is 0 Å². The summed E-state index contributed by atoms with van der Waals surface area (Å²) >= 11 is 0. The minimum atomic E-state index is -1.79. The van der Waals surface area contributed by atoms with Crippen LogP contribution in [-0.4, -0.2) is 131 Å². The third kappa shape index (κ3) is 12.8. The fourth-order valence-electron chi connectivity index (χ4n) is 1.29. The van der Waals surface area contributed by atoms with Crippen LogP contribution >= 0.6 is 0 Å². The molecule has 0 aliphatic rings. The van der Waals surface area contributed by atoms with Crippen molar-refractivity contribution in [2.45, 2.75) is 48.8 Å². The molecule has 0 aromatic heterocycles. The van der Waals surface area contributed by atoms with Crippen LogP contribution in [0.5, 0.6) is 0 Å². The Bertz CT molecular complexity index is 315. The van der Waals surface area contributed by atoms with Gasteiger partial charge in [0.1, 0.15) is 48.8 Å². The second kappa shape index (κ2) is 18.9. The van der Waals surface area contributed by atoms with E-state index in [1.54, 1.807) is 0 Å². The molecule has 0 heterocycles. The Morgan fingerprint density at radius 2 is 0.808 bits per heavy atom. The summed E-state index contributed by atoms with van der Waals surface area (Å²) in [6, 6.07) is 0. The topological polar surface area (TPSA) is 240 Å². The number of carbonyl (C=O) groups is 1. The van der Waals surface area contributed by atoms with Gasteiger partial charge in [-0.05, 0) is 0 Å². The molecule has 154 valence electrons. The van der Waals surface area contributed by atoms with E-state index >= 15 is 0 Å². The number of carbonyl (C=O) groups excluding carboxylic acids is 1. The molecule has 0 saturated heterocycles. The van der Waals surface area contributed by atoms with Crippen LogP contribution < -0.4 is 42.0 Å². The van der Waals surface area contributed by atoms with E-state index in [0.29, 0.717) is 0 Å². The first-order chi connectivity index (χ1) is 11.1.